The first-order valence-corrected chi connectivity index (χ1v) is 9.23. The Kier molecular flexibility index (Phi) is 3.94. The lowest BCUT2D eigenvalue weighted by Gasteiger charge is -2.43. The summed E-state index contributed by atoms with van der Waals surface area (Å²) in [5, 5.41) is 9.67. The van der Waals surface area contributed by atoms with Crippen LogP contribution in [0.1, 0.15) is 79.1 Å². The summed E-state index contributed by atoms with van der Waals surface area (Å²) >= 11 is 0. The van der Waals surface area contributed by atoms with Crippen LogP contribution in [0.15, 0.2) is 11.1 Å². The Balaban J connectivity index is 2.01. The highest BCUT2D eigenvalue weighted by atomic mass is 16.4. The van der Waals surface area contributed by atoms with Gasteiger partial charge in [-0.15, -0.1) is 0 Å². The van der Waals surface area contributed by atoms with Gasteiger partial charge in [0.15, 0.2) is 0 Å². The minimum absolute atomic E-state index is 0.293. The van der Waals surface area contributed by atoms with Gasteiger partial charge in [-0.25, -0.2) is 4.79 Å². The second kappa shape index (κ2) is 5.39. The second-order valence-electron chi connectivity index (χ2n) is 8.88. The van der Waals surface area contributed by atoms with E-state index >= 15 is 0 Å². The Morgan fingerprint density at radius 1 is 1.05 bits per heavy atom. The molecule has 3 atom stereocenters. The zero-order chi connectivity index (χ0) is 16.1. The molecule has 0 amide bonds. The van der Waals surface area contributed by atoms with Gasteiger partial charge in [0.05, 0.1) is 0 Å². The molecule has 124 valence electrons. The zero-order valence-corrected chi connectivity index (χ0v) is 14.7. The normalized spacial score (nSPS) is 38.9. The van der Waals surface area contributed by atoms with Crippen LogP contribution in [0, 0.1) is 28.6 Å². The van der Waals surface area contributed by atoms with Gasteiger partial charge >= 0.3 is 5.97 Å². The Morgan fingerprint density at radius 3 is 2.14 bits per heavy atom. The van der Waals surface area contributed by atoms with Gasteiger partial charge in [-0.2, -0.15) is 0 Å². The molecule has 2 heteroatoms. The van der Waals surface area contributed by atoms with E-state index in [2.05, 4.69) is 20.8 Å². The topological polar surface area (TPSA) is 37.3 Å². The third-order valence-electron chi connectivity index (χ3n) is 7.97. The van der Waals surface area contributed by atoms with Crippen molar-refractivity contribution in [2.75, 3.05) is 0 Å². The van der Waals surface area contributed by atoms with Crippen LogP contribution in [-0.4, -0.2) is 11.1 Å². The molecule has 0 aromatic rings. The number of carbonyl (C=O) groups is 1. The Bertz CT molecular complexity index is 496. The molecule has 0 aliphatic heterocycles. The SMILES string of the molecule is CC(C(=O)O)=C(C1CCCCC1)C1C[C@H]2CC[C@@]1(C)C2(C)C. The number of rotatable bonds is 3. The average molecular weight is 304 g/mol. The Hall–Kier alpha value is -0.790. The lowest BCUT2D eigenvalue weighted by Crippen LogP contribution is -2.35. The fraction of sp³-hybridized carbons (Fsp3) is 0.850. The molecule has 0 heterocycles. The fourth-order valence-corrected chi connectivity index (χ4v) is 6.06. The highest BCUT2D eigenvalue weighted by Gasteiger charge is 2.62. The Labute approximate surface area is 135 Å². The van der Waals surface area contributed by atoms with Crippen molar-refractivity contribution in [3.63, 3.8) is 0 Å². The first-order valence-electron chi connectivity index (χ1n) is 9.23. The minimum Gasteiger partial charge on any atom is -0.478 e. The molecule has 1 unspecified atom stereocenters. The van der Waals surface area contributed by atoms with Gasteiger partial charge in [0.1, 0.15) is 0 Å². The van der Waals surface area contributed by atoms with Crippen molar-refractivity contribution in [2.45, 2.75) is 79.1 Å². The van der Waals surface area contributed by atoms with E-state index < -0.39 is 5.97 Å². The summed E-state index contributed by atoms with van der Waals surface area (Å²) in [5.74, 6) is 1.12. The molecule has 0 spiro atoms. The largest absolute Gasteiger partial charge is 0.478 e. The molecule has 2 nitrogen and oxygen atoms in total. The summed E-state index contributed by atoms with van der Waals surface area (Å²) in [5.41, 5.74) is 2.66. The van der Waals surface area contributed by atoms with Crippen LogP contribution >= 0.6 is 0 Å². The number of allylic oxidation sites excluding steroid dienone is 1. The summed E-state index contributed by atoms with van der Waals surface area (Å²) in [6.45, 7) is 9.18. The Morgan fingerprint density at radius 2 is 1.68 bits per heavy atom. The van der Waals surface area contributed by atoms with Gasteiger partial charge in [0.2, 0.25) is 0 Å². The van der Waals surface area contributed by atoms with E-state index in [1.165, 1.54) is 56.9 Å². The molecule has 3 rings (SSSR count). The van der Waals surface area contributed by atoms with Crippen molar-refractivity contribution in [2.24, 2.45) is 28.6 Å². The van der Waals surface area contributed by atoms with Crippen molar-refractivity contribution in [3.05, 3.63) is 11.1 Å². The van der Waals surface area contributed by atoms with E-state index in [9.17, 15) is 9.90 Å². The van der Waals surface area contributed by atoms with Crippen LogP contribution in [0.5, 0.6) is 0 Å². The van der Waals surface area contributed by atoms with Crippen LogP contribution in [0.4, 0.5) is 0 Å². The maximum Gasteiger partial charge on any atom is 0.331 e. The molecule has 3 aliphatic carbocycles. The highest BCUT2D eigenvalue weighted by Crippen LogP contribution is 2.70. The minimum atomic E-state index is -0.690. The molecule has 0 aromatic carbocycles. The first-order chi connectivity index (χ1) is 10.3. The number of carboxylic acid groups (broad SMARTS) is 1. The third-order valence-corrected chi connectivity index (χ3v) is 7.97. The molecule has 3 fully saturated rings. The summed E-state index contributed by atoms with van der Waals surface area (Å²) in [4.78, 5) is 11.8. The van der Waals surface area contributed by atoms with Crippen molar-refractivity contribution in [3.8, 4) is 0 Å². The van der Waals surface area contributed by atoms with Gasteiger partial charge in [-0.1, -0.05) is 45.6 Å². The highest BCUT2D eigenvalue weighted by molar-refractivity contribution is 5.87. The number of carboxylic acids is 1. The predicted octanol–water partition coefficient (Wildman–Crippen LogP) is 5.43. The molecule has 3 saturated carbocycles. The predicted molar refractivity (Wildman–Crippen MR) is 89.6 cm³/mol. The summed E-state index contributed by atoms with van der Waals surface area (Å²) < 4.78 is 0. The average Bonchev–Trinajstić information content (AvgIpc) is 2.82. The lowest BCUT2D eigenvalue weighted by molar-refractivity contribution is -0.132. The molecule has 0 saturated heterocycles. The molecule has 1 N–H and O–H groups in total. The zero-order valence-electron chi connectivity index (χ0n) is 14.7. The standard InChI is InChI=1S/C20H32O2/c1-13(18(21)22)17(14-8-6-5-7-9-14)16-12-15-10-11-20(16,4)19(15,2)3/h14-16H,5-12H2,1-4H3,(H,21,22)/t15-,16?,20-/m1/s1. The summed E-state index contributed by atoms with van der Waals surface area (Å²) in [6, 6.07) is 0. The quantitative estimate of drug-likeness (QED) is 0.706. The summed E-state index contributed by atoms with van der Waals surface area (Å²) in [7, 11) is 0. The molecule has 3 aliphatic rings. The van der Waals surface area contributed by atoms with E-state index in [4.69, 9.17) is 0 Å². The van der Waals surface area contributed by atoms with Crippen LogP contribution in [0.2, 0.25) is 0 Å². The first kappa shape index (κ1) is 16.1. The molecule has 22 heavy (non-hydrogen) atoms. The maximum absolute atomic E-state index is 11.8. The summed E-state index contributed by atoms with van der Waals surface area (Å²) in [6.07, 6.45) is 10.1. The maximum atomic E-state index is 11.8. The monoisotopic (exact) mass is 304 g/mol. The third kappa shape index (κ3) is 2.17. The molecular weight excluding hydrogens is 272 g/mol. The van der Waals surface area contributed by atoms with Gasteiger partial charge in [0.25, 0.3) is 0 Å². The number of hydrogen-bond acceptors (Lipinski definition) is 1. The van der Waals surface area contributed by atoms with Crippen molar-refractivity contribution in [1.82, 2.24) is 0 Å². The lowest BCUT2D eigenvalue weighted by atomic mass is 9.61. The molecule has 0 radical (unpaired) electrons. The van der Waals surface area contributed by atoms with E-state index in [0.29, 0.717) is 28.2 Å². The van der Waals surface area contributed by atoms with Gasteiger partial charge in [-0.05, 0) is 67.6 Å². The van der Waals surface area contributed by atoms with Crippen molar-refractivity contribution < 1.29 is 9.90 Å². The fourth-order valence-electron chi connectivity index (χ4n) is 6.06. The van der Waals surface area contributed by atoms with Crippen LogP contribution < -0.4 is 0 Å². The molecule has 2 bridgehead atoms. The van der Waals surface area contributed by atoms with Gasteiger partial charge < -0.3 is 5.11 Å². The van der Waals surface area contributed by atoms with E-state index in [1.54, 1.807) is 0 Å². The second-order valence-corrected chi connectivity index (χ2v) is 8.88. The smallest absolute Gasteiger partial charge is 0.331 e. The number of aliphatic carboxylic acids is 1. The van der Waals surface area contributed by atoms with Crippen molar-refractivity contribution >= 4 is 5.97 Å². The van der Waals surface area contributed by atoms with Crippen LogP contribution in [0.25, 0.3) is 0 Å². The number of fused-ring (bicyclic) bond motifs is 2. The van der Waals surface area contributed by atoms with E-state index in [1.807, 2.05) is 6.92 Å². The van der Waals surface area contributed by atoms with E-state index in [-0.39, 0.29) is 0 Å². The van der Waals surface area contributed by atoms with E-state index in [0.717, 1.165) is 5.92 Å². The molecular formula is C20H32O2. The van der Waals surface area contributed by atoms with Crippen LogP contribution in [-0.2, 0) is 4.79 Å². The van der Waals surface area contributed by atoms with Crippen molar-refractivity contribution in [1.29, 1.82) is 0 Å². The van der Waals surface area contributed by atoms with Crippen LogP contribution in [0.3, 0.4) is 0 Å². The van der Waals surface area contributed by atoms with Gasteiger partial charge in [0, 0.05) is 5.57 Å². The van der Waals surface area contributed by atoms with Gasteiger partial charge in [-0.3, -0.25) is 0 Å². The molecule has 0 aromatic heterocycles. The number of hydrogen-bond donors (Lipinski definition) is 1.